The third-order valence-corrected chi connectivity index (χ3v) is 4.16. The van der Waals surface area contributed by atoms with Crippen molar-refractivity contribution in [2.45, 2.75) is 58.6 Å². The molecule has 1 rings (SSSR count). The van der Waals surface area contributed by atoms with E-state index >= 15 is 0 Å². The molecule has 2 unspecified atom stereocenters. The van der Waals surface area contributed by atoms with Gasteiger partial charge in [0.2, 0.25) is 0 Å². The van der Waals surface area contributed by atoms with E-state index in [9.17, 15) is 0 Å². The van der Waals surface area contributed by atoms with Crippen molar-refractivity contribution >= 4 is 11.6 Å². The first-order valence-corrected chi connectivity index (χ1v) is 8.05. The average molecular weight is 298 g/mol. The highest BCUT2D eigenvalue weighted by molar-refractivity contribution is 6.30. The van der Waals surface area contributed by atoms with Crippen LogP contribution < -0.4 is 5.32 Å². The largest absolute Gasteiger partial charge is 0.374 e. The van der Waals surface area contributed by atoms with Gasteiger partial charge >= 0.3 is 0 Å². The number of ether oxygens (including phenoxy) is 1. The molecular weight excluding hydrogens is 270 g/mol. The summed E-state index contributed by atoms with van der Waals surface area (Å²) in [5.74, 6) is 0. The van der Waals surface area contributed by atoms with Crippen LogP contribution >= 0.6 is 11.6 Å². The van der Waals surface area contributed by atoms with Crippen LogP contribution in [0.1, 0.15) is 46.1 Å². The predicted molar refractivity (Wildman–Crippen MR) is 87.6 cm³/mol. The topological polar surface area (TPSA) is 21.3 Å². The summed E-state index contributed by atoms with van der Waals surface area (Å²) in [5.41, 5.74) is 1.16. The van der Waals surface area contributed by atoms with Gasteiger partial charge in [-0.2, -0.15) is 0 Å². The lowest BCUT2D eigenvalue weighted by molar-refractivity contribution is -0.0549. The molecule has 0 saturated heterocycles. The number of nitrogens with one attached hydrogen (secondary N) is 1. The maximum absolute atomic E-state index is 6.05. The van der Waals surface area contributed by atoms with Crippen LogP contribution in [0.4, 0.5) is 0 Å². The molecule has 0 aliphatic heterocycles. The zero-order valence-corrected chi connectivity index (χ0v) is 14.0. The third-order valence-electron chi connectivity index (χ3n) is 3.91. The quantitative estimate of drug-likeness (QED) is 0.727. The molecule has 0 radical (unpaired) electrons. The van der Waals surface area contributed by atoms with Gasteiger partial charge in [-0.05, 0) is 57.4 Å². The van der Waals surface area contributed by atoms with Gasteiger partial charge in [0.05, 0.1) is 5.60 Å². The lowest BCUT2D eigenvalue weighted by Crippen LogP contribution is -2.51. The van der Waals surface area contributed by atoms with Crippen molar-refractivity contribution in [3.8, 4) is 0 Å². The molecule has 0 aliphatic rings. The van der Waals surface area contributed by atoms with E-state index in [0.717, 1.165) is 37.4 Å². The van der Waals surface area contributed by atoms with Crippen LogP contribution in [-0.4, -0.2) is 24.8 Å². The summed E-state index contributed by atoms with van der Waals surface area (Å²) >= 11 is 5.96. The first-order valence-electron chi connectivity index (χ1n) is 7.67. The second kappa shape index (κ2) is 8.66. The van der Waals surface area contributed by atoms with Crippen LogP contribution in [0.5, 0.6) is 0 Å². The van der Waals surface area contributed by atoms with Gasteiger partial charge in [0.25, 0.3) is 0 Å². The molecule has 0 heterocycles. The van der Waals surface area contributed by atoms with Crippen molar-refractivity contribution in [2.75, 3.05) is 13.2 Å². The zero-order chi connectivity index (χ0) is 15.0. The normalized spacial score (nSPS) is 15.8. The van der Waals surface area contributed by atoms with Crippen molar-refractivity contribution in [2.24, 2.45) is 0 Å². The Labute approximate surface area is 128 Å². The van der Waals surface area contributed by atoms with Crippen LogP contribution in [0, 0.1) is 0 Å². The Hall–Kier alpha value is -0.570. The first kappa shape index (κ1) is 17.5. The standard InChI is InChI=1S/C17H28ClNO/c1-5-12-19-16(17(4,6-2)20-7-3)13-14-8-10-15(18)11-9-14/h8-11,16,19H,5-7,12-13H2,1-4H3. The minimum absolute atomic E-state index is 0.135. The van der Waals surface area contributed by atoms with Crippen molar-refractivity contribution in [3.05, 3.63) is 34.9 Å². The third kappa shape index (κ3) is 5.08. The highest BCUT2D eigenvalue weighted by atomic mass is 35.5. The first-order chi connectivity index (χ1) is 9.55. The van der Waals surface area contributed by atoms with Gasteiger partial charge in [-0.25, -0.2) is 0 Å². The fourth-order valence-corrected chi connectivity index (χ4v) is 2.58. The molecule has 0 amide bonds. The summed E-state index contributed by atoms with van der Waals surface area (Å²) in [6.07, 6.45) is 3.08. The number of rotatable bonds is 9. The highest BCUT2D eigenvalue weighted by Gasteiger charge is 2.32. The highest BCUT2D eigenvalue weighted by Crippen LogP contribution is 2.24. The van der Waals surface area contributed by atoms with Crippen molar-refractivity contribution < 1.29 is 4.74 Å². The van der Waals surface area contributed by atoms with Crippen molar-refractivity contribution in [1.29, 1.82) is 0 Å². The molecule has 0 fully saturated rings. The molecule has 0 saturated carbocycles. The molecule has 0 aromatic heterocycles. The second-order valence-corrected chi connectivity index (χ2v) is 5.87. The Kier molecular flexibility index (Phi) is 7.57. The molecule has 1 aromatic carbocycles. The molecule has 2 nitrogen and oxygen atoms in total. The van der Waals surface area contributed by atoms with Crippen LogP contribution in [0.15, 0.2) is 24.3 Å². The smallest absolute Gasteiger partial charge is 0.0807 e. The SMILES string of the molecule is CCCNC(Cc1ccc(Cl)cc1)C(C)(CC)OCC. The minimum Gasteiger partial charge on any atom is -0.374 e. The Morgan fingerprint density at radius 2 is 1.85 bits per heavy atom. The van der Waals surface area contributed by atoms with Crippen LogP contribution in [0.2, 0.25) is 5.02 Å². The number of benzene rings is 1. The van der Waals surface area contributed by atoms with Gasteiger partial charge in [-0.15, -0.1) is 0 Å². The lowest BCUT2D eigenvalue weighted by atomic mass is 9.88. The lowest BCUT2D eigenvalue weighted by Gasteiger charge is -2.37. The summed E-state index contributed by atoms with van der Waals surface area (Å²) < 4.78 is 6.05. The zero-order valence-electron chi connectivity index (χ0n) is 13.2. The molecule has 0 aliphatic carbocycles. The van der Waals surface area contributed by atoms with E-state index in [1.54, 1.807) is 0 Å². The molecule has 3 heteroatoms. The van der Waals surface area contributed by atoms with Gasteiger partial charge in [0, 0.05) is 17.7 Å². The Bertz CT molecular complexity index is 379. The summed E-state index contributed by atoms with van der Waals surface area (Å²) in [4.78, 5) is 0. The monoisotopic (exact) mass is 297 g/mol. The Morgan fingerprint density at radius 1 is 1.20 bits per heavy atom. The van der Waals surface area contributed by atoms with Crippen molar-refractivity contribution in [3.63, 3.8) is 0 Å². The molecule has 0 spiro atoms. The summed E-state index contributed by atoms with van der Waals surface area (Å²) in [7, 11) is 0. The molecule has 20 heavy (non-hydrogen) atoms. The fourth-order valence-electron chi connectivity index (χ4n) is 2.46. The van der Waals surface area contributed by atoms with Crippen LogP contribution in [-0.2, 0) is 11.2 Å². The van der Waals surface area contributed by atoms with E-state index in [1.165, 1.54) is 5.56 Å². The number of halogens is 1. The van der Waals surface area contributed by atoms with E-state index in [0.29, 0.717) is 6.04 Å². The molecule has 2 atom stereocenters. The van der Waals surface area contributed by atoms with Crippen LogP contribution in [0.3, 0.4) is 0 Å². The van der Waals surface area contributed by atoms with E-state index in [1.807, 2.05) is 12.1 Å². The Balaban J connectivity index is 2.84. The number of hydrogen-bond donors (Lipinski definition) is 1. The fraction of sp³-hybridized carbons (Fsp3) is 0.647. The molecule has 1 aromatic rings. The van der Waals surface area contributed by atoms with Crippen molar-refractivity contribution in [1.82, 2.24) is 5.32 Å². The maximum atomic E-state index is 6.05. The van der Waals surface area contributed by atoms with E-state index < -0.39 is 0 Å². The van der Waals surface area contributed by atoms with Gasteiger partial charge in [-0.3, -0.25) is 0 Å². The Morgan fingerprint density at radius 3 is 2.35 bits per heavy atom. The van der Waals surface area contributed by atoms with Gasteiger partial charge < -0.3 is 10.1 Å². The molecule has 0 bridgehead atoms. The van der Waals surface area contributed by atoms with E-state index in [2.05, 4.69) is 45.1 Å². The molecule has 114 valence electrons. The second-order valence-electron chi connectivity index (χ2n) is 5.44. The van der Waals surface area contributed by atoms with Gasteiger partial charge in [-0.1, -0.05) is 37.6 Å². The minimum atomic E-state index is -0.135. The van der Waals surface area contributed by atoms with E-state index in [4.69, 9.17) is 16.3 Å². The van der Waals surface area contributed by atoms with E-state index in [-0.39, 0.29) is 5.60 Å². The average Bonchev–Trinajstić information content (AvgIpc) is 2.45. The number of hydrogen-bond acceptors (Lipinski definition) is 2. The summed E-state index contributed by atoms with van der Waals surface area (Å²) in [6.45, 7) is 10.4. The molecular formula is C17H28ClNO. The summed E-state index contributed by atoms with van der Waals surface area (Å²) in [6, 6.07) is 8.43. The molecule has 1 N–H and O–H groups in total. The van der Waals surface area contributed by atoms with Gasteiger partial charge in [0.15, 0.2) is 0 Å². The predicted octanol–water partition coefficient (Wildman–Crippen LogP) is 4.46. The van der Waals surface area contributed by atoms with Crippen LogP contribution in [0.25, 0.3) is 0 Å². The summed E-state index contributed by atoms with van der Waals surface area (Å²) in [5, 5.41) is 4.44. The maximum Gasteiger partial charge on any atom is 0.0807 e. The van der Waals surface area contributed by atoms with Gasteiger partial charge in [0.1, 0.15) is 0 Å².